The monoisotopic (exact) mass is 174 g/mol. The van der Waals surface area contributed by atoms with Crippen molar-refractivity contribution in [3.63, 3.8) is 0 Å². The van der Waals surface area contributed by atoms with Crippen molar-refractivity contribution in [3.8, 4) is 0 Å². The summed E-state index contributed by atoms with van der Waals surface area (Å²) in [5, 5.41) is 8.81. The summed E-state index contributed by atoms with van der Waals surface area (Å²) < 4.78 is 0. The topological polar surface area (TPSA) is 37.3 Å². The van der Waals surface area contributed by atoms with Crippen LogP contribution in [0.15, 0.2) is 23.8 Å². The Morgan fingerprint density at radius 1 is 1.46 bits per heavy atom. The molecular weight excluding hydrogens is 164 g/mol. The van der Waals surface area contributed by atoms with Gasteiger partial charge in [0.15, 0.2) is 0 Å². The van der Waals surface area contributed by atoms with Crippen LogP contribution in [-0.2, 0) is 11.2 Å². The largest absolute Gasteiger partial charge is 0.478 e. The van der Waals surface area contributed by atoms with Crippen molar-refractivity contribution in [2.45, 2.75) is 13.3 Å². The zero-order valence-electron chi connectivity index (χ0n) is 7.37. The maximum Gasteiger partial charge on any atom is 0.331 e. The van der Waals surface area contributed by atoms with E-state index >= 15 is 0 Å². The third-order valence-corrected chi connectivity index (χ3v) is 2.39. The van der Waals surface area contributed by atoms with Gasteiger partial charge in [-0.1, -0.05) is 18.2 Å². The van der Waals surface area contributed by atoms with E-state index in [1.54, 1.807) is 6.08 Å². The van der Waals surface area contributed by atoms with E-state index in [4.69, 9.17) is 5.11 Å². The molecule has 0 saturated heterocycles. The van der Waals surface area contributed by atoms with Gasteiger partial charge < -0.3 is 5.11 Å². The summed E-state index contributed by atoms with van der Waals surface area (Å²) in [7, 11) is 0. The molecule has 1 aliphatic rings. The molecule has 0 saturated carbocycles. The minimum atomic E-state index is -0.810. The van der Waals surface area contributed by atoms with Crippen LogP contribution >= 0.6 is 0 Å². The summed E-state index contributed by atoms with van der Waals surface area (Å²) in [6, 6.07) is 5.95. The molecule has 0 atom stereocenters. The first-order chi connectivity index (χ1) is 6.18. The number of carboxylic acids is 1. The highest BCUT2D eigenvalue weighted by atomic mass is 16.4. The van der Waals surface area contributed by atoms with Gasteiger partial charge in [-0.15, -0.1) is 0 Å². The third-order valence-electron chi connectivity index (χ3n) is 2.39. The SMILES string of the molecule is Cc1cccc2c1C=C(C(=O)O)C2. The number of aryl methyl sites for hydroxylation is 1. The van der Waals surface area contributed by atoms with Crippen LogP contribution < -0.4 is 0 Å². The second-order valence-electron chi connectivity index (χ2n) is 3.30. The van der Waals surface area contributed by atoms with Crippen LogP contribution in [0.5, 0.6) is 0 Å². The number of aliphatic carboxylic acids is 1. The van der Waals surface area contributed by atoms with Gasteiger partial charge in [-0.05, 0) is 29.7 Å². The van der Waals surface area contributed by atoms with Crippen LogP contribution in [0.2, 0.25) is 0 Å². The molecular formula is C11H10O2. The molecule has 0 amide bonds. The van der Waals surface area contributed by atoms with Crippen molar-refractivity contribution >= 4 is 12.0 Å². The summed E-state index contributed by atoms with van der Waals surface area (Å²) in [5.41, 5.74) is 3.84. The quantitative estimate of drug-likeness (QED) is 0.707. The van der Waals surface area contributed by atoms with Crippen molar-refractivity contribution in [3.05, 3.63) is 40.5 Å². The molecule has 1 aliphatic carbocycles. The van der Waals surface area contributed by atoms with Crippen LogP contribution in [0, 0.1) is 6.92 Å². The molecule has 0 aliphatic heterocycles. The van der Waals surface area contributed by atoms with Crippen LogP contribution in [0.25, 0.3) is 6.08 Å². The van der Waals surface area contributed by atoms with Gasteiger partial charge in [0, 0.05) is 12.0 Å². The Balaban J connectivity index is 2.49. The average molecular weight is 174 g/mol. The second kappa shape index (κ2) is 2.73. The number of hydrogen-bond acceptors (Lipinski definition) is 1. The molecule has 0 radical (unpaired) electrons. The molecule has 2 nitrogen and oxygen atoms in total. The molecule has 0 fully saturated rings. The highest BCUT2D eigenvalue weighted by Gasteiger charge is 2.18. The van der Waals surface area contributed by atoms with Crippen molar-refractivity contribution in [2.75, 3.05) is 0 Å². The Labute approximate surface area is 76.5 Å². The fraction of sp³-hybridized carbons (Fsp3) is 0.182. The Kier molecular flexibility index (Phi) is 1.69. The molecule has 1 aromatic rings. The number of carboxylic acid groups (broad SMARTS) is 1. The first-order valence-corrected chi connectivity index (χ1v) is 4.21. The normalized spacial score (nSPS) is 13.8. The Morgan fingerprint density at radius 3 is 2.85 bits per heavy atom. The molecule has 66 valence electrons. The summed E-state index contributed by atoms with van der Waals surface area (Å²) in [6.07, 6.45) is 2.33. The van der Waals surface area contributed by atoms with Crippen LogP contribution in [0.1, 0.15) is 16.7 Å². The maximum atomic E-state index is 10.7. The summed E-state index contributed by atoms with van der Waals surface area (Å²) in [6.45, 7) is 2.00. The Bertz CT molecular complexity index is 403. The lowest BCUT2D eigenvalue weighted by atomic mass is 10.1. The van der Waals surface area contributed by atoms with E-state index in [9.17, 15) is 4.79 Å². The van der Waals surface area contributed by atoms with Crippen molar-refractivity contribution in [1.29, 1.82) is 0 Å². The molecule has 13 heavy (non-hydrogen) atoms. The smallest absolute Gasteiger partial charge is 0.331 e. The lowest BCUT2D eigenvalue weighted by Gasteiger charge is -2.00. The highest BCUT2D eigenvalue weighted by molar-refractivity contribution is 5.95. The molecule has 0 bridgehead atoms. The average Bonchev–Trinajstić information content (AvgIpc) is 2.49. The van der Waals surface area contributed by atoms with Gasteiger partial charge in [0.05, 0.1) is 0 Å². The van der Waals surface area contributed by atoms with Crippen LogP contribution in [0.3, 0.4) is 0 Å². The molecule has 0 spiro atoms. The summed E-state index contributed by atoms with van der Waals surface area (Å²) in [5.74, 6) is -0.810. The predicted octanol–water partition coefficient (Wildman–Crippen LogP) is 2.02. The van der Waals surface area contributed by atoms with Gasteiger partial charge >= 0.3 is 5.97 Å². The lowest BCUT2D eigenvalue weighted by molar-refractivity contribution is -0.132. The Hall–Kier alpha value is -1.57. The van der Waals surface area contributed by atoms with E-state index < -0.39 is 5.97 Å². The van der Waals surface area contributed by atoms with E-state index in [1.165, 1.54) is 0 Å². The van der Waals surface area contributed by atoms with Gasteiger partial charge in [-0.25, -0.2) is 4.79 Å². The third kappa shape index (κ3) is 1.24. The maximum absolute atomic E-state index is 10.7. The standard InChI is InChI=1S/C11H10O2/c1-7-3-2-4-8-5-9(11(12)13)6-10(7)8/h2-4,6H,5H2,1H3,(H,12,13). The van der Waals surface area contributed by atoms with E-state index in [1.807, 2.05) is 25.1 Å². The molecule has 2 rings (SSSR count). The fourth-order valence-corrected chi connectivity index (χ4v) is 1.67. The highest BCUT2D eigenvalue weighted by Crippen LogP contribution is 2.27. The van der Waals surface area contributed by atoms with Crippen LogP contribution in [-0.4, -0.2) is 11.1 Å². The van der Waals surface area contributed by atoms with Crippen molar-refractivity contribution in [1.82, 2.24) is 0 Å². The van der Waals surface area contributed by atoms with Crippen molar-refractivity contribution in [2.24, 2.45) is 0 Å². The van der Waals surface area contributed by atoms with E-state index in [0.29, 0.717) is 12.0 Å². The fourth-order valence-electron chi connectivity index (χ4n) is 1.67. The molecule has 0 heterocycles. The predicted molar refractivity (Wildman–Crippen MR) is 50.5 cm³/mol. The minimum Gasteiger partial charge on any atom is -0.478 e. The Morgan fingerprint density at radius 2 is 2.23 bits per heavy atom. The van der Waals surface area contributed by atoms with Gasteiger partial charge in [0.25, 0.3) is 0 Å². The van der Waals surface area contributed by atoms with Crippen LogP contribution in [0.4, 0.5) is 0 Å². The van der Waals surface area contributed by atoms with Gasteiger partial charge in [-0.3, -0.25) is 0 Å². The second-order valence-corrected chi connectivity index (χ2v) is 3.30. The minimum absolute atomic E-state index is 0.490. The summed E-state index contributed by atoms with van der Waals surface area (Å²) in [4.78, 5) is 10.7. The lowest BCUT2D eigenvalue weighted by Crippen LogP contribution is -1.99. The number of rotatable bonds is 1. The molecule has 1 aromatic carbocycles. The number of carbonyl (C=O) groups is 1. The molecule has 1 N–H and O–H groups in total. The molecule has 0 aromatic heterocycles. The zero-order valence-corrected chi connectivity index (χ0v) is 7.37. The molecule has 2 heteroatoms. The van der Waals surface area contributed by atoms with E-state index in [0.717, 1.165) is 16.7 Å². The van der Waals surface area contributed by atoms with Gasteiger partial charge in [0.2, 0.25) is 0 Å². The zero-order chi connectivity index (χ0) is 9.42. The number of benzene rings is 1. The molecule has 0 unspecified atom stereocenters. The van der Waals surface area contributed by atoms with Gasteiger partial charge in [0.1, 0.15) is 0 Å². The van der Waals surface area contributed by atoms with Gasteiger partial charge in [-0.2, -0.15) is 0 Å². The first kappa shape index (κ1) is 8.05. The number of hydrogen-bond donors (Lipinski definition) is 1. The van der Waals surface area contributed by atoms with E-state index in [2.05, 4.69) is 0 Å². The first-order valence-electron chi connectivity index (χ1n) is 4.21. The van der Waals surface area contributed by atoms with Crippen molar-refractivity contribution < 1.29 is 9.90 Å². The van der Waals surface area contributed by atoms with E-state index in [-0.39, 0.29) is 0 Å². The number of fused-ring (bicyclic) bond motifs is 1. The summed E-state index contributed by atoms with van der Waals surface area (Å²) >= 11 is 0.